The molecule has 0 rings (SSSR count). The van der Waals surface area contributed by atoms with Crippen LogP contribution in [-0.2, 0) is 0 Å². The summed E-state index contributed by atoms with van der Waals surface area (Å²) in [5.74, 6) is 0.417. The third-order valence-electron chi connectivity index (χ3n) is 1.53. The molecule has 1 amide bonds. The van der Waals surface area contributed by atoms with Crippen LogP contribution in [0.15, 0.2) is 12.3 Å². The number of hydrogen-bond acceptors (Lipinski definition) is 1. The van der Waals surface area contributed by atoms with Crippen LogP contribution < -0.4 is 0 Å². The number of carbonyl (C=O) groups is 1. The minimum Gasteiger partial charge on any atom is -0.301 e. The van der Waals surface area contributed by atoms with Gasteiger partial charge < -0.3 is 4.90 Å². The largest absolute Gasteiger partial charge is 0.320 e. The lowest BCUT2D eigenvalue weighted by molar-refractivity contribution is 0.201. The third-order valence-corrected chi connectivity index (χ3v) is 1.71. The van der Waals surface area contributed by atoms with Crippen LogP contribution in [-0.4, -0.2) is 15.8 Å². The van der Waals surface area contributed by atoms with Crippen LogP contribution in [0.2, 0.25) is 0 Å². The van der Waals surface area contributed by atoms with E-state index < -0.39 is 5.37 Å². The lowest BCUT2D eigenvalue weighted by atomic mass is 10.1. The third kappa shape index (κ3) is 4.94. The van der Waals surface area contributed by atoms with Gasteiger partial charge in [0.05, 0.1) is 0 Å². The molecule has 0 atom stereocenters. The van der Waals surface area contributed by atoms with Gasteiger partial charge in [-0.1, -0.05) is 19.9 Å². The smallest absolute Gasteiger partial charge is 0.301 e. The second kappa shape index (κ2) is 4.66. The van der Waals surface area contributed by atoms with Crippen molar-refractivity contribution in [2.75, 3.05) is 0 Å². The predicted molar refractivity (Wildman–Crippen MR) is 56.8 cm³/mol. The summed E-state index contributed by atoms with van der Waals surface area (Å²) in [6.07, 6.45) is 3.70. The second-order valence-corrected chi connectivity index (χ2v) is 4.70. The van der Waals surface area contributed by atoms with Crippen LogP contribution in [0.3, 0.4) is 0 Å². The van der Waals surface area contributed by atoms with Crippen LogP contribution >= 0.6 is 11.6 Å². The molecular formula is C10H18ClNO. The minimum absolute atomic E-state index is 0.260. The Kier molecular flexibility index (Phi) is 4.48. The number of allylic oxidation sites excluding steroid dienone is 1. The summed E-state index contributed by atoms with van der Waals surface area (Å²) in [6, 6.07) is 0. The Balaban J connectivity index is 4.55. The van der Waals surface area contributed by atoms with Gasteiger partial charge in [0.1, 0.15) is 0 Å². The van der Waals surface area contributed by atoms with Crippen molar-refractivity contribution in [2.24, 2.45) is 5.92 Å². The Bertz CT molecular complexity index is 203. The van der Waals surface area contributed by atoms with E-state index in [2.05, 4.69) is 13.8 Å². The summed E-state index contributed by atoms with van der Waals surface area (Å²) in [7, 11) is 0. The highest BCUT2D eigenvalue weighted by molar-refractivity contribution is 6.63. The number of carbonyl (C=O) groups excluding carboxylic acids is 1. The molecule has 76 valence electrons. The molecule has 0 saturated carbocycles. The van der Waals surface area contributed by atoms with Crippen LogP contribution in [0.4, 0.5) is 4.79 Å². The summed E-state index contributed by atoms with van der Waals surface area (Å²) in [5, 5.41) is -0.440. The van der Waals surface area contributed by atoms with Gasteiger partial charge in [0, 0.05) is 11.7 Å². The van der Waals surface area contributed by atoms with Gasteiger partial charge in [0.25, 0.3) is 0 Å². The SMILES string of the molecule is CC(C)C=CN(C(=O)Cl)C(C)(C)C. The monoisotopic (exact) mass is 203 g/mol. The average molecular weight is 204 g/mol. The highest BCUT2D eigenvalue weighted by Gasteiger charge is 2.22. The van der Waals surface area contributed by atoms with E-state index in [0.717, 1.165) is 0 Å². The van der Waals surface area contributed by atoms with Gasteiger partial charge in [-0.05, 0) is 38.3 Å². The van der Waals surface area contributed by atoms with Crippen molar-refractivity contribution in [3.05, 3.63) is 12.3 Å². The maximum Gasteiger partial charge on any atom is 0.320 e. The van der Waals surface area contributed by atoms with Crippen molar-refractivity contribution < 1.29 is 4.79 Å². The van der Waals surface area contributed by atoms with Crippen molar-refractivity contribution in [1.82, 2.24) is 4.90 Å². The van der Waals surface area contributed by atoms with Crippen LogP contribution in [0, 0.1) is 5.92 Å². The fourth-order valence-electron chi connectivity index (χ4n) is 0.804. The molecule has 0 unspecified atom stereocenters. The molecule has 0 aromatic heterocycles. The van der Waals surface area contributed by atoms with E-state index in [9.17, 15) is 4.79 Å². The molecular weight excluding hydrogens is 186 g/mol. The minimum atomic E-state index is -0.440. The van der Waals surface area contributed by atoms with Crippen molar-refractivity contribution >= 4 is 17.0 Å². The Morgan fingerprint density at radius 1 is 1.38 bits per heavy atom. The van der Waals surface area contributed by atoms with E-state index in [1.165, 1.54) is 4.90 Å². The molecule has 0 bridgehead atoms. The zero-order valence-electron chi connectivity index (χ0n) is 8.97. The lowest BCUT2D eigenvalue weighted by Gasteiger charge is -2.30. The summed E-state index contributed by atoms with van der Waals surface area (Å²) in [6.45, 7) is 9.93. The average Bonchev–Trinajstić information content (AvgIpc) is 1.81. The zero-order valence-corrected chi connectivity index (χ0v) is 9.72. The summed E-state index contributed by atoms with van der Waals surface area (Å²) >= 11 is 5.45. The number of nitrogens with zero attached hydrogens (tertiary/aromatic N) is 1. The Morgan fingerprint density at radius 2 is 1.85 bits per heavy atom. The van der Waals surface area contributed by atoms with Gasteiger partial charge in [-0.3, -0.25) is 4.79 Å². The van der Waals surface area contributed by atoms with Gasteiger partial charge in [-0.2, -0.15) is 0 Å². The van der Waals surface area contributed by atoms with Crippen molar-refractivity contribution in [1.29, 1.82) is 0 Å². The van der Waals surface area contributed by atoms with E-state index in [-0.39, 0.29) is 5.54 Å². The maximum absolute atomic E-state index is 11.0. The molecule has 0 fully saturated rings. The molecule has 0 aliphatic rings. The highest BCUT2D eigenvalue weighted by Crippen LogP contribution is 2.16. The van der Waals surface area contributed by atoms with Gasteiger partial charge in [-0.25, -0.2) is 0 Å². The number of rotatable bonds is 2. The molecule has 2 nitrogen and oxygen atoms in total. The molecule has 13 heavy (non-hydrogen) atoms. The van der Waals surface area contributed by atoms with Crippen LogP contribution in [0.25, 0.3) is 0 Å². The van der Waals surface area contributed by atoms with Gasteiger partial charge in [0.2, 0.25) is 0 Å². The topological polar surface area (TPSA) is 20.3 Å². The molecule has 0 radical (unpaired) electrons. The van der Waals surface area contributed by atoms with E-state index in [1.54, 1.807) is 6.20 Å². The van der Waals surface area contributed by atoms with E-state index in [1.807, 2.05) is 26.8 Å². The van der Waals surface area contributed by atoms with Crippen LogP contribution in [0.5, 0.6) is 0 Å². The number of amides is 1. The quantitative estimate of drug-likeness (QED) is 0.496. The van der Waals surface area contributed by atoms with E-state index >= 15 is 0 Å². The molecule has 0 N–H and O–H groups in total. The molecule has 0 aromatic rings. The molecule has 3 heteroatoms. The summed E-state index contributed by atoms with van der Waals surface area (Å²) < 4.78 is 0. The molecule has 0 spiro atoms. The van der Waals surface area contributed by atoms with Gasteiger partial charge in [0.15, 0.2) is 0 Å². The fraction of sp³-hybridized carbons (Fsp3) is 0.700. The normalized spacial score (nSPS) is 12.5. The molecule has 0 aliphatic heterocycles. The second-order valence-electron chi connectivity index (χ2n) is 4.38. The fourth-order valence-corrected chi connectivity index (χ4v) is 1.11. The molecule has 0 aromatic carbocycles. The first-order valence-electron chi connectivity index (χ1n) is 4.42. The van der Waals surface area contributed by atoms with E-state index in [0.29, 0.717) is 5.92 Å². The zero-order chi connectivity index (χ0) is 10.6. The Labute approximate surface area is 85.6 Å². The Hall–Kier alpha value is -0.500. The predicted octanol–water partition coefficient (Wildman–Crippen LogP) is 3.62. The number of halogens is 1. The Morgan fingerprint density at radius 3 is 2.08 bits per heavy atom. The number of hydrogen-bond donors (Lipinski definition) is 0. The van der Waals surface area contributed by atoms with Crippen molar-refractivity contribution in [3.63, 3.8) is 0 Å². The first kappa shape index (κ1) is 12.5. The summed E-state index contributed by atoms with van der Waals surface area (Å²) in [4.78, 5) is 12.6. The molecule has 0 aliphatic carbocycles. The van der Waals surface area contributed by atoms with Gasteiger partial charge in [-0.15, -0.1) is 0 Å². The molecule has 0 heterocycles. The standard InChI is InChI=1S/C10H18ClNO/c1-8(2)6-7-12(9(11)13)10(3,4)5/h6-8H,1-5H3. The maximum atomic E-state index is 11.0. The van der Waals surface area contributed by atoms with Crippen LogP contribution in [0.1, 0.15) is 34.6 Å². The summed E-state index contributed by atoms with van der Waals surface area (Å²) in [5.41, 5.74) is -0.260. The van der Waals surface area contributed by atoms with Crippen molar-refractivity contribution in [2.45, 2.75) is 40.2 Å². The molecule has 0 saturated heterocycles. The first-order chi connectivity index (χ1) is 5.75. The van der Waals surface area contributed by atoms with Crippen molar-refractivity contribution in [3.8, 4) is 0 Å². The lowest BCUT2D eigenvalue weighted by Crippen LogP contribution is -2.38. The highest BCUT2D eigenvalue weighted by atomic mass is 35.5. The first-order valence-corrected chi connectivity index (χ1v) is 4.80. The van der Waals surface area contributed by atoms with E-state index in [4.69, 9.17) is 11.6 Å². The van der Waals surface area contributed by atoms with Gasteiger partial charge >= 0.3 is 5.37 Å².